The largest absolute Gasteiger partial charge is 0.379 e. The van der Waals surface area contributed by atoms with Gasteiger partial charge in [-0.2, -0.15) is 0 Å². The molecule has 20 heavy (non-hydrogen) atoms. The van der Waals surface area contributed by atoms with Crippen LogP contribution in [0.1, 0.15) is 72.1 Å². The van der Waals surface area contributed by atoms with Gasteiger partial charge in [0, 0.05) is 18.9 Å². The van der Waals surface area contributed by atoms with Gasteiger partial charge in [0.05, 0.1) is 5.60 Å². The van der Waals surface area contributed by atoms with E-state index in [4.69, 9.17) is 4.74 Å². The van der Waals surface area contributed by atoms with Crippen LogP contribution in [0.15, 0.2) is 0 Å². The van der Waals surface area contributed by atoms with Gasteiger partial charge >= 0.3 is 0 Å². The van der Waals surface area contributed by atoms with Crippen molar-refractivity contribution in [3.05, 3.63) is 0 Å². The van der Waals surface area contributed by atoms with Crippen LogP contribution in [0.3, 0.4) is 0 Å². The molecule has 2 nitrogen and oxygen atoms in total. The molecule has 0 saturated heterocycles. The van der Waals surface area contributed by atoms with Crippen LogP contribution in [0.5, 0.6) is 0 Å². The van der Waals surface area contributed by atoms with Crippen molar-refractivity contribution in [2.24, 2.45) is 22.7 Å². The zero-order chi connectivity index (χ0) is 14.6. The predicted molar refractivity (Wildman–Crippen MR) is 80.6 cm³/mol. The maximum atomic E-state index is 12.9. The number of carbonyl (C=O) groups is 1. The summed E-state index contributed by atoms with van der Waals surface area (Å²) >= 11 is 0. The van der Waals surface area contributed by atoms with Crippen LogP contribution >= 0.6 is 0 Å². The Hall–Kier alpha value is -0.370. The van der Waals surface area contributed by atoms with E-state index in [-0.39, 0.29) is 11.0 Å². The fourth-order valence-electron chi connectivity index (χ4n) is 5.83. The number of methoxy groups -OCH3 is 1. The number of ketones is 1. The number of ether oxygens (including phenoxy) is 1. The minimum Gasteiger partial charge on any atom is -0.379 e. The lowest BCUT2D eigenvalue weighted by Crippen LogP contribution is -2.54. The van der Waals surface area contributed by atoms with Gasteiger partial charge in [-0.15, -0.1) is 0 Å². The minimum absolute atomic E-state index is 0.0443. The molecule has 4 bridgehead atoms. The zero-order valence-electron chi connectivity index (χ0n) is 13.6. The number of Topliss-reactive ketones (excluding diaryl/α,β-unsaturated/α-hetero) is 1. The Labute approximate surface area is 123 Å². The molecule has 2 atom stereocenters. The van der Waals surface area contributed by atoms with E-state index in [1.54, 1.807) is 7.11 Å². The average Bonchev–Trinajstić information content (AvgIpc) is 2.33. The van der Waals surface area contributed by atoms with E-state index in [0.717, 1.165) is 18.3 Å². The summed E-state index contributed by atoms with van der Waals surface area (Å²) in [5, 5.41) is 0. The van der Waals surface area contributed by atoms with E-state index in [0.29, 0.717) is 17.6 Å². The first kappa shape index (κ1) is 14.6. The third-order valence-electron chi connectivity index (χ3n) is 6.45. The highest BCUT2D eigenvalue weighted by molar-refractivity contribution is 5.85. The van der Waals surface area contributed by atoms with Crippen LogP contribution in [0.25, 0.3) is 0 Å². The van der Waals surface area contributed by atoms with Crippen LogP contribution in [0.4, 0.5) is 0 Å². The second kappa shape index (κ2) is 4.56. The molecule has 114 valence electrons. The summed E-state index contributed by atoms with van der Waals surface area (Å²) in [4.78, 5) is 12.9. The van der Waals surface area contributed by atoms with Gasteiger partial charge < -0.3 is 4.74 Å². The van der Waals surface area contributed by atoms with Crippen molar-refractivity contribution in [1.82, 2.24) is 0 Å². The predicted octanol–water partition coefficient (Wildman–Crippen LogP) is 4.37. The zero-order valence-corrected chi connectivity index (χ0v) is 13.6. The van der Waals surface area contributed by atoms with E-state index in [2.05, 4.69) is 20.8 Å². The molecule has 4 aliphatic carbocycles. The van der Waals surface area contributed by atoms with Crippen molar-refractivity contribution < 1.29 is 9.53 Å². The van der Waals surface area contributed by atoms with Crippen LogP contribution in [0, 0.1) is 22.7 Å². The van der Waals surface area contributed by atoms with E-state index < -0.39 is 0 Å². The molecular weight excluding hydrogens is 248 g/mol. The molecule has 4 fully saturated rings. The molecule has 0 aromatic rings. The molecule has 0 aliphatic heterocycles. The highest BCUT2D eigenvalue weighted by atomic mass is 16.5. The molecule has 4 aliphatic rings. The van der Waals surface area contributed by atoms with Gasteiger partial charge in [-0.1, -0.05) is 6.92 Å². The quantitative estimate of drug-likeness (QED) is 0.746. The van der Waals surface area contributed by atoms with Gasteiger partial charge in [0.25, 0.3) is 0 Å². The Morgan fingerprint density at radius 2 is 1.80 bits per heavy atom. The van der Waals surface area contributed by atoms with Gasteiger partial charge in [-0.25, -0.2) is 0 Å². The van der Waals surface area contributed by atoms with E-state index in [9.17, 15) is 4.79 Å². The summed E-state index contributed by atoms with van der Waals surface area (Å²) in [5.41, 5.74) is 0.348. The Morgan fingerprint density at radius 1 is 1.20 bits per heavy atom. The third kappa shape index (κ3) is 2.45. The summed E-state index contributed by atoms with van der Waals surface area (Å²) in [6.45, 7) is 6.61. The summed E-state index contributed by atoms with van der Waals surface area (Å²) in [7, 11) is 1.75. The first-order valence-corrected chi connectivity index (χ1v) is 8.34. The van der Waals surface area contributed by atoms with Crippen LogP contribution in [-0.4, -0.2) is 18.5 Å². The van der Waals surface area contributed by atoms with Gasteiger partial charge in [0.1, 0.15) is 5.78 Å². The highest BCUT2D eigenvalue weighted by Gasteiger charge is 2.58. The summed E-state index contributed by atoms with van der Waals surface area (Å²) in [6, 6.07) is 0. The monoisotopic (exact) mass is 278 g/mol. The first-order valence-electron chi connectivity index (χ1n) is 8.34. The maximum Gasteiger partial charge on any atom is 0.139 e. The lowest BCUT2D eigenvalue weighted by atomic mass is 9.43. The molecule has 0 N–H and O–H groups in total. The Morgan fingerprint density at radius 3 is 2.30 bits per heavy atom. The van der Waals surface area contributed by atoms with E-state index in [1.165, 1.54) is 38.5 Å². The molecule has 2 heteroatoms. The SMILES string of the molecule is COC(C)(C)CCC(=O)C12CC3CC(CC(C)(C3)C1)C2. The number of hydrogen-bond acceptors (Lipinski definition) is 2. The topological polar surface area (TPSA) is 26.3 Å². The summed E-state index contributed by atoms with van der Waals surface area (Å²) in [6.07, 6.45) is 9.25. The number of carbonyl (C=O) groups excluding carboxylic acids is 1. The van der Waals surface area contributed by atoms with E-state index in [1.807, 2.05) is 0 Å². The lowest BCUT2D eigenvalue weighted by Gasteiger charge is -2.60. The van der Waals surface area contributed by atoms with Crippen molar-refractivity contribution in [1.29, 1.82) is 0 Å². The van der Waals surface area contributed by atoms with Gasteiger partial charge in [0.15, 0.2) is 0 Å². The molecule has 0 radical (unpaired) electrons. The van der Waals surface area contributed by atoms with Crippen molar-refractivity contribution in [2.45, 2.75) is 77.7 Å². The second-order valence-corrected chi connectivity index (χ2v) is 8.94. The highest BCUT2D eigenvalue weighted by Crippen LogP contribution is 2.65. The average molecular weight is 278 g/mol. The maximum absolute atomic E-state index is 12.9. The summed E-state index contributed by atoms with van der Waals surface area (Å²) < 4.78 is 5.47. The van der Waals surface area contributed by atoms with Crippen LogP contribution < -0.4 is 0 Å². The Bertz CT molecular complexity index is 396. The van der Waals surface area contributed by atoms with Crippen LogP contribution in [-0.2, 0) is 9.53 Å². The fraction of sp³-hybridized carbons (Fsp3) is 0.944. The molecule has 0 aromatic heterocycles. The molecule has 4 saturated carbocycles. The number of rotatable bonds is 5. The fourth-order valence-corrected chi connectivity index (χ4v) is 5.83. The smallest absolute Gasteiger partial charge is 0.139 e. The Balaban J connectivity index is 1.71. The lowest BCUT2D eigenvalue weighted by molar-refractivity contribution is -0.154. The van der Waals surface area contributed by atoms with Crippen LogP contribution in [0.2, 0.25) is 0 Å². The van der Waals surface area contributed by atoms with Crippen molar-refractivity contribution >= 4 is 5.78 Å². The molecule has 0 amide bonds. The Kier molecular flexibility index (Phi) is 3.32. The minimum atomic E-state index is -0.165. The van der Waals surface area contributed by atoms with Crippen molar-refractivity contribution in [3.8, 4) is 0 Å². The third-order valence-corrected chi connectivity index (χ3v) is 6.45. The molecule has 2 unspecified atom stereocenters. The summed E-state index contributed by atoms with van der Waals surface area (Å²) in [5.74, 6) is 2.21. The van der Waals surface area contributed by atoms with Crippen molar-refractivity contribution in [3.63, 3.8) is 0 Å². The molecule has 0 aromatic carbocycles. The number of hydrogen-bond donors (Lipinski definition) is 0. The van der Waals surface area contributed by atoms with Crippen molar-refractivity contribution in [2.75, 3.05) is 7.11 Å². The first-order chi connectivity index (χ1) is 9.26. The normalized spacial score (nSPS) is 43.0. The molecule has 4 rings (SSSR count). The standard InChI is InChI=1S/C18H30O2/c1-16(2,20-4)6-5-15(19)18-10-13-7-14(11-18)9-17(3,8-13)12-18/h13-14H,5-12H2,1-4H3. The van der Waals surface area contributed by atoms with Gasteiger partial charge in [-0.3, -0.25) is 4.79 Å². The molecule has 0 spiro atoms. The molecule has 0 heterocycles. The molecular formula is C18H30O2. The second-order valence-electron chi connectivity index (χ2n) is 8.94. The van der Waals surface area contributed by atoms with Gasteiger partial charge in [0.2, 0.25) is 0 Å². The van der Waals surface area contributed by atoms with Gasteiger partial charge in [-0.05, 0) is 76.0 Å². The van der Waals surface area contributed by atoms with E-state index >= 15 is 0 Å².